The van der Waals surface area contributed by atoms with Crippen LogP contribution in [0.15, 0.2) is 5.11 Å². The Morgan fingerprint density at radius 3 is 2.56 bits per heavy atom. The topological polar surface area (TPSA) is 107 Å². The molecular formula is C11H20N4O3. The fourth-order valence-corrected chi connectivity index (χ4v) is 1.99. The van der Waals surface area contributed by atoms with Crippen LogP contribution in [0.5, 0.6) is 0 Å². The third-order valence-corrected chi connectivity index (χ3v) is 3.00. The van der Waals surface area contributed by atoms with Gasteiger partial charge in [0.2, 0.25) is 0 Å². The molecule has 1 unspecified atom stereocenters. The molecule has 0 saturated heterocycles. The van der Waals surface area contributed by atoms with Crippen LogP contribution in [-0.2, 0) is 4.74 Å². The molecule has 7 nitrogen and oxygen atoms in total. The molecule has 0 radical (unpaired) electrons. The summed E-state index contributed by atoms with van der Waals surface area (Å²) < 4.78 is 5.18. The van der Waals surface area contributed by atoms with Crippen molar-refractivity contribution >= 4 is 6.09 Å². The molecule has 1 aliphatic carbocycles. The number of hydrogen-bond donors (Lipinski definition) is 2. The molecule has 1 fully saturated rings. The van der Waals surface area contributed by atoms with E-state index in [-0.39, 0.29) is 6.61 Å². The van der Waals surface area contributed by atoms with Gasteiger partial charge in [-0.05, 0) is 45.6 Å². The van der Waals surface area contributed by atoms with E-state index < -0.39 is 23.3 Å². The maximum atomic E-state index is 11.7. The smallest absolute Gasteiger partial charge is 0.408 e. The molecule has 0 aliphatic heterocycles. The maximum absolute atomic E-state index is 11.7. The summed E-state index contributed by atoms with van der Waals surface area (Å²) in [5, 5.41) is 15.5. The average Bonchev–Trinajstić information content (AvgIpc) is 2.18. The molecule has 1 aliphatic rings. The van der Waals surface area contributed by atoms with Crippen molar-refractivity contribution in [1.82, 2.24) is 5.32 Å². The van der Waals surface area contributed by atoms with Crippen molar-refractivity contribution in [1.29, 1.82) is 0 Å². The maximum Gasteiger partial charge on any atom is 0.408 e. The molecular weight excluding hydrogens is 236 g/mol. The summed E-state index contributed by atoms with van der Waals surface area (Å²) in [6.45, 7) is 5.03. The third kappa shape index (κ3) is 3.51. The highest BCUT2D eigenvalue weighted by Gasteiger charge is 2.45. The zero-order valence-corrected chi connectivity index (χ0v) is 11.0. The monoisotopic (exact) mass is 256 g/mol. The van der Waals surface area contributed by atoms with Crippen LogP contribution >= 0.6 is 0 Å². The van der Waals surface area contributed by atoms with Crippen LogP contribution in [0, 0.1) is 0 Å². The van der Waals surface area contributed by atoms with Gasteiger partial charge in [-0.15, -0.1) is 0 Å². The fraction of sp³-hybridized carbons (Fsp3) is 0.909. The Kier molecular flexibility index (Phi) is 4.43. The minimum Gasteiger partial charge on any atom is -0.444 e. The lowest BCUT2D eigenvalue weighted by Gasteiger charge is -2.45. The first-order valence-corrected chi connectivity index (χ1v) is 5.99. The number of ether oxygens (including phenoxy) is 1. The number of carbonyl (C=O) groups excluding carboxylic acids is 1. The van der Waals surface area contributed by atoms with Crippen LogP contribution in [0.3, 0.4) is 0 Å². The Labute approximate surface area is 106 Å². The van der Waals surface area contributed by atoms with E-state index in [0.29, 0.717) is 12.8 Å². The molecule has 1 saturated carbocycles. The van der Waals surface area contributed by atoms with Gasteiger partial charge in [0.25, 0.3) is 0 Å². The third-order valence-electron chi connectivity index (χ3n) is 3.00. The van der Waals surface area contributed by atoms with Gasteiger partial charge in [0, 0.05) is 4.91 Å². The van der Waals surface area contributed by atoms with Gasteiger partial charge < -0.3 is 15.2 Å². The predicted molar refractivity (Wildman–Crippen MR) is 66.0 cm³/mol. The number of hydrogen-bond acceptors (Lipinski definition) is 4. The van der Waals surface area contributed by atoms with Gasteiger partial charge in [-0.2, -0.15) is 0 Å². The summed E-state index contributed by atoms with van der Waals surface area (Å²) in [6.07, 6.45) is 1.73. The molecule has 2 N–H and O–H groups in total. The lowest BCUT2D eigenvalue weighted by molar-refractivity contribution is 0.0300. The van der Waals surface area contributed by atoms with E-state index in [1.54, 1.807) is 20.8 Å². The van der Waals surface area contributed by atoms with Crippen molar-refractivity contribution in [3.05, 3.63) is 10.4 Å². The first-order valence-electron chi connectivity index (χ1n) is 5.99. The number of aliphatic hydroxyl groups is 1. The number of azide groups is 1. The number of aliphatic hydroxyl groups excluding tert-OH is 1. The van der Waals surface area contributed by atoms with Crippen molar-refractivity contribution in [3.63, 3.8) is 0 Å². The lowest BCUT2D eigenvalue weighted by Crippen LogP contribution is -2.62. The first kappa shape index (κ1) is 14.6. The van der Waals surface area contributed by atoms with E-state index in [4.69, 9.17) is 10.3 Å². The van der Waals surface area contributed by atoms with Crippen LogP contribution in [0.4, 0.5) is 4.79 Å². The molecule has 1 amide bonds. The van der Waals surface area contributed by atoms with E-state index in [9.17, 15) is 9.90 Å². The fourth-order valence-electron chi connectivity index (χ4n) is 1.99. The van der Waals surface area contributed by atoms with E-state index in [1.807, 2.05) is 0 Å². The molecule has 1 atom stereocenters. The molecule has 0 aromatic carbocycles. The number of alkyl carbamates (subject to hydrolysis) is 1. The van der Waals surface area contributed by atoms with Crippen LogP contribution in [0.1, 0.15) is 40.0 Å². The summed E-state index contributed by atoms with van der Waals surface area (Å²) in [7, 11) is 0. The molecule has 102 valence electrons. The predicted octanol–water partition coefficient (Wildman–Crippen LogP) is 2.10. The van der Waals surface area contributed by atoms with Gasteiger partial charge in [-0.3, -0.25) is 0 Å². The molecule has 0 spiro atoms. The van der Waals surface area contributed by atoms with E-state index >= 15 is 0 Å². The van der Waals surface area contributed by atoms with Crippen molar-refractivity contribution < 1.29 is 14.6 Å². The van der Waals surface area contributed by atoms with Gasteiger partial charge in [0.1, 0.15) is 5.60 Å². The van der Waals surface area contributed by atoms with Gasteiger partial charge in [-0.25, -0.2) is 4.79 Å². The Hall–Kier alpha value is -1.46. The van der Waals surface area contributed by atoms with Crippen molar-refractivity contribution in [2.75, 3.05) is 6.61 Å². The Morgan fingerprint density at radius 1 is 1.61 bits per heavy atom. The molecule has 0 heterocycles. The number of nitrogens with one attached hydrogen (secondary N) is 1. The molecule has 0 bridgehead atoms. The van der Waals surface area contributed by atoms with Crippen LogP contribution in [0.2, 0.25) is 0 Å². The molecule has 1 rings (SSSR count). The Morgan fingerprint density at radius 2 is 2.22 bits per heavy atom. The number of rotatable bonds is 4. The van der Waals surface area contributed by atoms with E-state index in [2.05, 4.69) is 15.3 Å². The standard InChI is InChI=1S/C11H20N4O3/c1-10(2,3)18-9(17)13-11(5-4-6-11)8(7-16)14-15-12/h8,16H,4-7H2,1-3H3,(H,13,17). The van der Waals surface area contributed by atoms with E-state index in [1.165, 1.54) is 0 Å². The van der Waals surface area contributed by atoms with Crippen LogP contribution in [-0.4, -0.2) is 35.0 Å². The summed E-state index contributed by atoms with van der Waals surface area (Å²) >= 11 is 0. The number of nitrogens with zero attached hydrogens (tertiary/aromatic N) is 3. The summed E-state index contributed by atoms with van der Waals surface area (Å²) in [5.74, 6) is 0. The largest absolute Gasteiger partial charge is 0.444 e. The van der Waals surface area contributed by atoms with Crippen molar-refractivity contribution in [3.8, 4) is 0 Å². The van der Waals surface area contributed by atoms with Crippen molar-refractivity contribution in [2.45, 2.75) is 57.2 Å². The lowest BCUT2D eigenvalue weighted by atomic mass is 9.72. The highest BCUT2D eigenvalue weighted by molar-refractivity contribution is 5.69. The second-order valence-corrected chi connectivity index (χ2v) is 5.54. The molecule has 18 heavy (non-hydrogen) atoms. The first-order chi connectivity index (χ1) is 8.33. The van der Waals surface area contributed by atoms with Gasteiger partial charge >= 0.3 is 6.09 Å². The molecule has 0 aromatic rings. The van der Waals surface area contributed by atoms with E-state index in [0.717, 1.165) is 6.42 Å². The number of amides is 1. The quantitative estimate of drug-likeness (QED) is 0.456. The molecule has 7 heteroatoms. The van der Waals surface area contributed by atoms with Crippen molar-refractivity contribution in [2.24, 2.45) is 5.11 Å². The zero-order chi connectivity index (χ0) is 13.8. The van der Waals surface area contributed by atoms with Gasteiger partial charge in [0.15, 0.2) is 0 Å². The second-order valence-electron chi connectivity index (χ2n) is 5.54. The molecule has 0 aromatic heterocycles. The van der Waals surface area contributed by atoms with Crippen LogP contribution < -0.4 is 5.32 Å². The number of carbonyl (C=O) groups is 1. The normalized spacial score (nSPS) is 19.1. The minimum absolute atomic E-state index is 0.292. The van der Waals surface area contributed by atoms with Crippen LogP contribution in [0.25, 0.3) is 10.4 Å². The second kappa shape index (κ2) is 5.46. The highest BCUT2D eigenvalue weighted by atomic mass is 16.6. The van der Waals surface area contributed by atoms with Gasteiger partial charge in [-0.1, -0.05) is 5.11 Å². The zero-order valence-electron chi connectivity index (χ0n) is 11.0. The average molecular weight is 256 g/mol. The van der Waals surface area contributed by atoms with Gasteiger partial charge in [0.05, 0.1) is 18.2 Å². The highest BCUT2D eigenvalue weighted by Crippen LogP contribution is 2.36. The summed E-state index contributed by atoms with van der Waals surface area (Å²) in [6, 6.07) is -0.649. The minimum atomic E-state index is -0.663. The summed E-state index contributed by atoms with van der Waals surface area (Å²) in [4.78, 5) is 14.5. The Balaban J connectivity index is 2.71. The summed E-state index contributed by atoms with van der Waals surface area (Å²) in [5.41, 5.74) is 7.23. The Bertz CT molecular complexity index is 354. The SMILES string of the molecule is CC(C)(C)OC(=O)NC1(C(CO)N=[N+]=[N-])CCC1.